The molecule has 2 fully saturated rings. The van der Waals surface area contributed by atoms with Crippen molar-refractivity contribution in [2.24, 2.45) is 0 Å². The molecule has 150 valence electrons. The molecular weight excluding hydrogens is 368 g/mol. The van der Waals surface area contributed by atoms with Gasteiger partial charge in [-0.25, -0.2) is 0 Å². The zero-order valence-corrected chi connectivity index (χ0v) is 14.9. The lowest BCUT2D eigenvalue weighted by atomic mass is 9.99. The molecule has 0 aromatic heterocycles. The first kappa shape index (κ1) is 19.1. The molecule has 28 heavy (non-hydrogen) atoms. The molecule has 0 amide bonds. The molecule has 0 spiro atoms. The maximum absolute atomic E-state index is 10.3. The second-order valence-electron chi connectivity index (χ2n) is 6.81. The van der Waals surface area contributed by atoms with Gasteiger partial charge in [0, 0.05) is 11.1 Å². The van der Waals surface area contributed by atoms with Gasteiger partial charge < -0.3 is 39.4 Å². The van der Waals surface area contributed by atoms with Crippen LogP contribution in [-0.4, -0.2) is 58.1 Å². The topological polar surface area (TPSA) is 118 Å². The molecule has 2 heterocycles. The molecular formula is C20H22O8. The van der Waals surface area contributed by atoms with Gasteiger partial charge >= 0.3 is 0 Å². The van der Waals surface area contributed by atoms with Gasteiger partial charge in [0.2, 0.25) is 0 Å². The van der Waals surface area contributed by atoms with Gasteiger partial charge in [-0.1, -0.05) is 24.3 Å². The van der Waals surface area contributed by atoms with E-state index in [1.54, 1.807) is 24.3 Å². The standard InChI is InChI=1S/C20H22O8/c21-9-15(24)17-18-16(26-20(27-17)12-3-7-14(23)8-4-12)10-25-19(28-18)11-1-5-13(22)6-2-11/h1-8,15-24H,9-10H2. The average Bonchev–Trinajstić information content (AvgIpc) is 2.73. The molecule has 4 N–H and O–H groups in total. The molecule has 2 aromatic carbocycles. The summed E-state index contributed by atoms with van der Waals surface area (Å²) in [4.78, 5) is 0. The Balaban J connectivity index is 1.55. The molecule has 4 rings (SSSR count). The molecule has 8 nitrogen and oxygen atoms in total. The summed E-state index contributed by atoms with van der Waals surface area (Å²) in [5.74, 6) is 0.248. The second kappa shape index (κ2) is 8.04. The average molecular weight is 390 g/mol. The van der Waals surface area contributed by atoms with Gasteiger partial charge in [0.05, 0.1) is 13.2 Å². The van der Waals surface area contributed by atoms with E-state index in [-0.39, 0.29) is 18.1 Å². The smallest absolute Gasteiger partial charge is 0.184 e. The number of aliphatic hydroxyl groups is 2. The van der Waals surface area contributed by atoms with E-state index >= 15 is 0 Å². The Bertz CT molecular complexity index is 776. The summed E-state index contributed by atoms with van der Waals surface area (Å²) in [5.41, 5.74) is 1.36. The maximum atomic E-state index is 10.3. The summed E-state index contributed by atoms with van der Waals surface area (Å²) in [6.45, 7) is -0.299. The largest absolute Gasteiger partial charge is 0.508 e. The van der Waals surface area contributed by atoms with E-state index in [0.717, 1.165) is 0 Å². The summed E-state index contributed by atoms with van der Waals surface area (Å²) in [7, 11) is 0. The molecule has 8 heteroatoms. The third-order valence-corrected chi connectivity index (χ3v) is 4.86. The SMILES string of the molecule is OCC(O)C1OC(c2ccc(O)cc2)OC2COC(c3ccc(O)cc3)OC21. The van der Waals surface area contributed by atoms with E-state index in [2.05, 4.69) is 0 Å². The minimum atomic E-state index is -1.17. The summed E-state index contributed by atoms with van der Waals surface area (Å²) in [5, 5.41) is 38.7. The fraction of sp³-hybridized carbons (Fsp3) is 0.400. The Labute approximate surface area is 161 Å². The van der Waals surface area contributed by atoms with Crippen LogP contribution in [0.4, 0.5) is 0 Å². The third kappa shape index (κ3) is 3.83. The van der Waals surface area contributed by atoms with Crippen LogP contribution in [-0.2, 0) is 18.9 Å². The van der Waals surface area contributed by atoms with Crippen LogP contribution < -0.4 is 0 Å². The normalized spacial score (nSPS) is 31.1. The predicted molar refractivity (Wildman–Crippen MR) is 95.4 cm³/mol. The van der Waals surface area contributed by atoms with Crippen LogP contribution in [0, 0.1) is 0 Å². The molecule has 0 aliphatic carbocycles. The number of ether oxygens (including phenoxy) is 4. The number of rotatable bonds is 4. The number of benzene rings is 2. The Kier molecular flexibility index (Phi) is 5.49. The van der Waals surface area contributed by atoms with Gasteiger partial charge in [0.25, 0.3) is 0 Å². The monoisotopic (exact) mass is 390 g/mol. The number of hydrogen-bond acceptors (Lipinski definition) is 8. The van der Waals surface area contributed by atoms with Gasteiger partial charge in [-0.3, -0.25) is 0 Å². The number of aromatic hydroxyl groups is 2. The van der Waals surface area contributed by atoms with E-state index in [0.29, 0.717) is 11.1 Å². The zero-order valence-electron chi connectivity index (χ0n) is 14.9. The highest BCUT2D eigenvalue weighted by Gasteiger charge is 2.48. The number of hydrogen-bond donors (Lipinski definition) is 4. The Morgan fingerprint density at radius 1 is 0.821 bits per heavy atom. The van der Waals surface area contributed by atoms with Crippen LogP contribution in [0.5, 0.6) is 11.5 Å². The molecule has 2 aromatic rings. The van der Waals surface area contributed by atoms with Crippen molar-refractivity contribution in [1.82, 2.24) is 0 Å². The maximum Gasteiger partial charge on any atom is 0.184 e. The highest BCUT2D eigenvalue weighted by Crippen LogP contribution is 2.39. The van der Waals surface area contributed by atoms with Crippen LogP contribution in [0.3, 0.4) is 0 Å². The van der Waals surface area contributed by atoms with Crippen LogP contribution in [0.2, 0.25) is 0 Å². The number of phenolic OH excluding ortho intramolecular Hbond substituents is 2. The van der Waals surface area contributed by atoms with Crippen LogP contribution in [0.25, 0.3) is 0 Å². The van der Waals surface area contributed by atoms with Gasteiger partial charge in [0.15, 0.2) is 12.6 Å². The van der Waals surface area contributed by atoms with Crippen LogP contribution in [0.15, 0.2) is 48.5 Å². The second-order valence-corrected chi connectivity index (χ2v) is 6.81. The Hall–Kier alpha value is -2.20. The minimum absolute atomic E-state index is 0.116. The lowest BCUT2D eigenvalue weighted by Gasteiger charge is -2.47. The van der Waals surface area contributed by atoms with E-state index in [1.807, 2.05) is 0 Å². The van der Waals surface area contributed by atoms with Crippen molar-refractivity contribution in [3.63, 3.8) is 0 Å². The molecule has 2 aliphatic rings. The van der Waals surface area contributed by atoms with Gasteiger partial charge in [0.1, 0.15) is 35.9 Å². The summed E-state index contributed by atoms with van der Waals surface area (Å²) in [6, 6.07) is 12.8. The van der Waals surface area contributed by atoms with Gasteiger partial charge in [-0.15, -0.1) is 0 Å². The number of phenols is 2. The van der Waals surface area contributed by atoms with Crippen LogP contribution >= 0.6 is 0 Å². The molecule has 2 aliphatic heterocycles. The van der Waals surface area contributed by atoms with Crippen molar-refractivity contribution in [3.8, 4) is 11.5 Å². The van der Waals surface area contributed by atoms with Crippen LogP contribution in [0.1, 0.15) is 23.7 Å². The molecule has 6 unspecified atom stereocenters. The summed E-state index contributed by atoms with van der Waals surface area (Å²) < 4.78 is 23.6. The van der Waals surface area contributed by atoms with E-state index in [4.69, 9.17) is 18.9 Å². The Morgan fingerprint density at radius 3 is 1.96 bits per heavy atom. The van der Waals surface area contributed by atoms with Crippen molar-refractivity contribution in [2.75, 3.05) is 13.2 Å². The molecule has 0 saturated carbocycles. The Morgan fingerprint density at radius 2 is 1.39 bits per heavy atom. The predicted octanol–water partition coefficient (Wildman–Crippen LogP) is 1.35. The van der Waals surface area contributed by atoms with Crippen molar-refractivity contribution < 1.29 is 39.4 Å². The first-order valence-electron chi connectivity index (χ1n) is 9.00. The summed E-state index contributed by atoms with van der Waals surface area (Å²) in [6.07, 6.45) is -4.71. The van der Waals surface area contributed by atoms with E-state index in [9.17, 15) is 20.4 Å². The summed E-state index contributed by atoms with van der Waals surface area (Å²) >= 11 is 0. The highest BCUT2D eigenvalue weighted by atomic mass is 16.8. The fourth-order valence-corrected chi connectivity index (χ4v) is 3.37. The minimum Gasteiger partial charge on any atom is -0.508 e. The molecule has 0 bridgehead atoms. The lowest BCUT2D eigenvalue weighted by molar-refractivity contribution is -0.373. The van der Waals surface area contributed by atoms with Crippen molar-refractivity contribution in [2.45, 2.75) is 37.0 Å². The highest BCUT2D eigenvalue weighted by molar-refractivity contribution is 5.28. The number of fused-ring (bicyclic) bond motifs is 1. The van der Waals surface area contributed by atoms with E-state index < -0.39 is 43.6 Å². The van der Waals surface area contributed by atoms with Gasteiger partial charge in [-0.2, -0.15) is 0 Å². The molecule has 0 radical (unpaired) electrons. The third-order valence-electron chi connectivity index (χ3n) is 4.86. The van der Waals surface area contributed by atoms with E-state index in [1.165, 1.54) is 24.3 Å². The van der Waals surface area contributed by atoms with Gasteiger partial charge in [-0.05, 0) is 24.3 Å². The molecule has 2 saturated heterocycles. The molecule has 6 atom stereocenters. The first-order chi connectivity index (χ1) is 13.5. The fourth-order valence-electron chi connectivity index (χ4n) is 3.37. The quantitative estimate of drug-likeness (QED) is 0.618. The zero-order chi connectivity index (χ0) is 19.7. The van der Waals surface area contributed by atoms with Crippen molar-refractivity contribution >= 4 is 0 Å². The first-order valence-corrected chi connectivity index (χ1v) is 9.00. The van der Waals surface area contributed by atoms with Crippen molar-refractivity contribution in [3.05, 3.63) is 59.7 Å². The number of aliphatic hydroxyl groups excluding tert-OH is 2. The van der Waals surface area contributed by atoms with Crippen molar-refractivity contribution in [1.29, 1.82) is 0 Å². The lowest BCUT2D eigenvalue weighted by Crippen LogP contribution is -2.58.